The fraction of sp³-hybridized carbons (Fsp3) is 0.462. The summed E-state index contributed by atoms with van der Waals surface area (Å²) in [6, 6.07) is 5.34. The summed E-state index contributed by atoms with van der Waals surface area (Å²) < 4.78 is 10.9. The number of rotatable bonds is 5. The average Bonchev–Trinajstić information content (AvgIpc) is 2.43. The molecule has 5 nitrogen and oxygen atoms in total. The lowest BCUT2D eigenvalue weighted by atomic mass is 10.1. The summed E-state index contributed by atoms with van der Waals surface area (Å²) in [7, 11) is 0. The molecule has 18 heavy (non-hydrogen) atoms. The van der Waals surface area contributed by atoms with Crippen molar-refractivity contribution >= 4 is 5.91 Å². The Balaban J connectivity index is 2.01. The Labute approximate surface area is 106 Å². The maximum absolute atomic E-state index is 12.0. The largest absolute Gasteiger partial charge is 0.486 e. The highest BCUT2D eigenvalue weighted by Gasteiger charge is 2.19. The van der Waals surface area contributed by atoms with Crippen molar-refractivity contribution in [3.8, 4) is 11.5 Å². The Hall–Kier alpha value is -1.75. The van der Waals surface area contributed by atoms with Gasteiger partial charge in [-0.1, -0.05) is 6.07 Å². The number of amides is 1. The van der Waals surface area contributed by atoms with E-state index in [1.165, 1.54) is 0 Å². The van der Waals surface area contributed by atoms with Gasteiger partial charge in [-0.3, -0.25) is 4.79 Å². The third-order valence-electron chi connectivity index (χ3n) is 2.73. The summed E-state index contributed by atoms with van der Waals surface area (Å²) in [5.74, 6) is 1.05. The van der Waals surface area contributed by atoms with Crippen molar-refractivity contribution in [2.45, 2.75) is 12.8 Å². The number of unbranched alkanes of at least 4 members (excludes halogenated alkanes) is 1. The lowest BCUT2D eigenvalue weighted by Gasteiger charge is -2.20. The third-order valence-corrected chi connectivity index (χ3v) is 2.73. The first-order valence-electron chi connectivity index (χ1n) is 6.20. The van der Waals surface area contributed by atoms with Crippen molar-refractivity contribution in [2.24, 2.45) is 5.73 Å². The van der Waals surface area contributed by atoms with Crippen LogP contribution in [0.15, 0.2) is 18.2 Å². The number of nitrogens with two attached hydrogens (primary N) is 1. The van der Waals surface area contributed by atoms with Gasteiger partial charge in [0.2, 0.25) is 0 Å². The molecule has 1 aliphatic rings. The number of carbonyl (C=O) groups is 1. The van der Waals surface area contributed by atoms with Crippen LogP contribution in [-0.2, 0) is 0 Å². The predicted octanol–water partition coefficient (Wildman–Crippen LogP) is 0.927. The summed E-state index contributed by atoms with van der Waals surface area (Å²) in [5.41, 5.74) is 5.93. The molecule has 0 aliphatic carbocycles. The molecule has 2 rings (SSSR count). The summed E-state index contributed by atoms with van der Waals surface area (Å²) >= 11 is 0. The molecule has 1 amide bonds. The van der Waals surface area contributed by atoms with Gasteiger partial charge in [0.1, 0.15) is 13.2 Å². The van der Waals surface area contributed by atoms with Gasteiger partial charge in [-0.2, -0.15) is 0 Å². The first kappa shape index (κ1) is 12.7. The normalized spacial score (nSPS) is 13.2. The molecule has 1 heterocycles. The standard InChI is InChI=1S/C13H18N2O3/c14-6-1-2-7-15-13(16)10-4-3-5-11-12(10)18-9-8-17-11/h3-5H,1-2,6-9,14H2,(H,15,16). The van der Waals surface area contributed by atoms with E-state index in [0.717, 1.165) is 12.8 Å². The smallest absolute Gasteiger partial charge is 0.255 e. The van der Waals surface area contributed by atoms with Crippen LogP contribution in [0.5, 0.6) is 11.5 Å². The highest BCUT2D eigenvalue weighted by molar-refractivity contribution is 5.97. The Bertz CT molecular complexity index is 421. The summed E-state index contributed by atoms with van der Waals surface area (Å²) in [5, 5.41) is 2.85. The number of benzene rings is 1. The van der Waals surface area contributed by atoms with Gasteiger partial charge in [-0.25, -0.2) is 0 Å². The second-order valence-corrected chi connectivity index (χ2v) is 4.08. The summed E-state index contributed by atoms with van der Waals surface area (Å²) in [6.45, 7) is 2.27. The van der Waals surface area contributed by atoms with E-state index in [0.29, 0.717) is 43.4 Å². The second kappa shape index (κ2) is 6.26. The van der Waals surface area contributed by atoms with Crippen molar-refractivity contribution in [3.63, 3.8) is 0 Å². The molecule has 1 aromatic carbocycles. The van der Waals surface area contributed by atoms with Crippen LogP contribution in [0.3, 0.4) is 0 Å². The van der Waals surface area contributed by atoms with Gasteiger partial charge < -0.3 is 20.5 Å². The molecule has 0 radical (unpaired) electrons. The molecule has 0 atom stereocenters. The topological polar surface area (TPSA) is 73.6 Å². The molecule has 0 fully saturated rings. The Morgan fingerprint density at radius 1 is 1.28 bits per heavy atom. The molecular weight excluding hydrogens is 232 g/mol. The maximum atomic E-state index is 12.0. The fourth-order valence-corrected chi connectivity index (χ4v) is 1.82. The van der Waals surface area contributed by atoms with Gasteiger partial charge in [0.15, 0.2) is 11.5 Å². The number of hydrogen-bond donors (Lipinski definition) is 2. The Morgan fingerprint density at radius 3 is 2.94 bits per heavy atom. The minimum absolute atomic E-state index is 0.130. The van der Waals surface area contributed by atoms with E-state index < -0.39 is 0 Å². The van der Waals surface area contributed by atoms with Crippen molar-refractivity contribution in [3.05, 3.63) is 23.8 Å². The molecule has 0 unspecified atom stereocenters. The predicted molar refractivity (Wildman–Crippen MR) is 68.1 cm³/mol. The molecule has 98 valence electrons. The summed E-state index contributed by atoms with van der Waals surface area (Å²) in [6.07, 6.45) is 1.79. The monoisotopic (exact) mass is 250 g/mol. The molecule has 0 bridgehead atoms. The molecule has 0 spiro atoms. The third kappa shape index (κ3) is 2.92. The highest BCUT2D eigenvalue weighted by atomic mass is 16.6. The van der Waals surface area contributed by atoms with E-state index in [1.807, 2.05) is 0 Å². The SMILES string of the molecule is NCCCCNC(=O)c1cccc2c1OCCO2. The number of ether oxygens (including phenoxy) is 2. The molecule has 5 heteroatoms. The number of para-hydroxylation sites is 1. The van der Waals surface area contributed by atoms with Gasteiger partial charge in [-0.15, -0.1) is 0 Å². The van der Waals surface area contributed by atoms with Crippen LogP contribution in [0.25, 0.3) is 0 Å². The minimum Gasteiger partial charge on any atom is -0.486 e. The minimum atomic E-state index is -0.130. The molecule has 1 aliphatic heterocycles. The summed E-state index contributed by atoms with van der Waals surface area (Å²) in [4.78, 5) is 12.0. The number of nitrogens with one attached hydrogen (secondary N) is 1. The zero-order chi connectivity index (χ0) is 12.8. The van der Waals surface area contributed by atoms with Crippen LogP contribution in [0.1, 0.15) is 23.2 Å². The van der Waals surface area contributed by atoms with Crippen LogP contribution in [0.2, 0.25) is 0 Å². The number of hydrogen-bond acceptors (Lipinski definition) is 4. The Kier molecular flexibility index (Phi) is 4.41. The van der Waals surface area contributed by atoms with Crippen molar-refractivity contribution in [2.75, 3.05) is 26.3 Å². The van der Waals surface area contributed by atoms with Crippen LogP contribution in [0.4, 0.5) is 0 Å². The first-order chi connectivity index (χ1) is 8.83. The van der Waals surface area contributed by atoms with Crippen molar-refractivity contribution < 1.29 is 14.3 Å². The van der Waals surface area contributed by atoms with Crippen molar-refractivity contribution in [1.29, 1.82) is 0 Å². The van der Waals surface area contributed by atoms with Gasteiger partial charge >= 0.3 is 0 Å². The van der Waals surface area contributed by atoms with Crippen LogP contribution < -0.4 is 20.5 Å². The number of carbonyl (C=O) groups excluding carboxylic acids is 1. The first-order valence-corrected chi connectivity index (χ1v) is 6.20. The van der Waals surface area contributed by atoms with Crippen LogP contribution >= 0.6 is 0 Å². The van der Waals surface area contributed by atoms with Crippen molar-refractivity contribution in [1.82, 2.24) is 5.32 Å². The van der Waals surface area contributed by atoms with Gasteiger partial charge in [0.25, 0.3) is 5.91 Å². The van der Waals surface area contributed by atoms with E-state index in [4.69, 9.17) is 15.2 Å². The fourth-order valence-electron chi connectivity index (χ4n) is 1.82. The van der Waals surface area contributed by atoms with E-state index in [-0.39, 0.29) is 5.91 Å². The zero-order valence-electron chi connectivity index (χ0n) is 10.3. The molecule has 3 N–H and O–H groups in total. The lowest BCUT2D eigenvalue weighted by molar-refractivity contribution is 0.0942. The van der Waals surface area contributed by atoms with E-state index in [2.05, 4.69) is 5.32 Å². The van der Waals surface area contributed by atoms with Crippen LogP contribution in [0, 0.1) is 0 Å². The maximum Gasteiger partial charge on any atom is 0.255 e. The van der Waals surface area contributed by atoms with Crippen LogP contribution in [-0.4, -0.2) is 32.2 Å². The molecule has 1 aromatic rings. The van der Waals surface area contributed by atoms with E-state index in [9.17, 15) is 4.79 Å². The van der Waals surface area contributed by atoms with Gasteiger partial charge in [0.05, 0.1) is 5.56 Å². The van der Waals surface area contributed by atoms with E-state index in [1.54, 1.807) is 18.2 Å². The molecular formula is C13H18N2O3. The number of fused-ring (bicyclic) bond motifs is 1. The van der Waals surface area contributed by atoms with E-state index >= 15 is 0 Å². The molecule has 0 aromatic heterocycles. The highest BCUT2D eigenvalue weighted by Crippen LogP contribution is 2.33. The molecule has 0 saturated carbocycles. The molecule has 0 saturated heterocycles. The second-order valence-electron chi connectivity index (χ2n) is 4.08. The zero-order valence-corrected chi connectivity index (χ0v) is 10.3. The Morgan fingerprint density at radius 2 is 2.11 bits per heavy atom. The average molecular weight is 250 g/mol. The van der Waals surface area contributed by atoms with Gasteiger partial charge in [0, 0.05) is 6.54 Å². The van der Waals surface area contributed by atoms with Gasteiger partial charge in [-0.05, 0) is 31.5 Å². The quantitative estimate of drug-likeness (QED) is 0.762. The lowest BCUT2D eigenvalue weighted by Crippen LogP contribution is -2.27.